The van der Waals surface area contributed by atoms with Gasteiger partial charge in [-0.2, -0.15) is 0 Å². The Bertz CT molecular complexity index is 187. The second-order valence-corrected chi connectivity index (χ2v) is 3.87. The first-order chi connectivity index (χ1) is 4.49. The molecule has 0 radical (unpaired) electrons. The summed E-state index contributed by atoms with van der Waals surface area (Å²) < 4.78 is 0. The molecule has 0 aromatic carbocycles. The zero-order valence-corrected chi connectivity index (χ0v) is 6.90. The minimum absolute atomic E-state index is 0.111. The van der Waals surface area contributed by atoms with Crippen molar-refractivity contribution in [3.63, 3.8) is 0 Å². The molecule has 0 saturated heterocycles. The normalized spacial score (nSPS) is 24.3. The molecule has 1 heteroatoms. The molecule has 0 fully saturated rings. The van der Waals surface area contributed by atoms with Gasteiger partial charge < -0.3 is 0 Å². The van der Waals surface area contributed by atoms with Crippen molar-refractivity contribution in [2.45, 2.75) is 33.6 Å². The van der Waals surface area contributed by atoms with Gasteiger partial charge in [0.25, 0.3) is 0 Å². The van der Waals surface area contributed by atoms with E-state index in [1.54, 1.807) is 0 Å². The Morgan fingerprint density at radius 1 is 1.50 bits per heavy atom. The molecule has 1 rings (SSSR count). The topological polar surface area (TPSA) is 17.1 Å². The van der Waals surface area contributed by atoms with Crippen LogP contribution in [0.5, 0.6) is 0 Å². The van der Waals surface area contributed by atoms with E-state index >= 15 is 0 Å². The van der Waals surface area contributed by atoms with Gasteiger partial charge in [0.15, 0.2) is 0 Å². The lowest BCUT2D eigenvalue weighted by Crippen LogP contribution is -2.19. The van der Waals surface area contributed by atoms with Crippen molar-refractivity contribution < 1.29 is 4.79 Å². The van der Waals surface area contributed by atoms with Crippen molar-refractivity contribution in [1.29, 1.82) is 0 Å². The Balaban J connectivity index is 2.83. The Kier molecular flexibility index (Phi) is 1.67. The Labute approximate surface area is 62.1 Å². The number of allylic oxidation sites excluding steroid dienone is 2. The van der Waals surface area contributed by atoms with Gasteiger partial charge in [0.2, 0.25) is 0 Å². The molecule has 0 atom stereocenters. The molecule has 0 aliphatic heterocycles. The van der Waals surface area contributed by atoms with E-state index < -0.39 is 0 Å². The molecular weight excluding hydrogens is 124 g/mol. The standard InChI is InChI=1S/C9H14O/c1-7-4-8(10)6-9(2,3)5-7/h5H,4,6H2,1-3H3. The maximum absolute atomic E-state index is 11.0. The molecular formula is C9H14O. The highest BCUT2D eigenvalue weighted by Crippen LogP contribution is 2.30. The molecule has 1 aliphatic rings. The van der Waals surface area contributed by atoms with E-state index in [-0.39, 0.29) is 5.41 Å². The molecule has 1 aliphatic carbocycles. The summed E-state index contributed by atoms with van der Waals surface area (Å²) in [6.07, 6.45) is 3.59. The molecule has 0 N–H and O–H groups in total. The van der Waals surface area contributed by atoms with E-state index in [1.165, 1.54) is 5.57 Å². The fraction of sp³-hybridized carbons (Fsp3) is 0.667. The Morgan fingerprint density at radius 2 is 2.10 bits per heavy atom. The molecule has 0 heterocycles. The van der Waals surface area contributed by atoms with E-state index in [4.69, 9.17) is 0 Å². The molecule has 0 aromatic heterocycles. The summed E-state index contributed by atoms with van der Waals surface area (Å²) in [7, 11) is 0. The second kappa shape index (κ2) is 2.22. The van der Waals surface area contributed by atoms with Gasteiger partial charge in [-0.3, -0.25) is 4.79 Å². The van der Waals surface area contributed by atoms with Crippen LogP contribution >= 0.6 is 0 Å². The number of rotatable bonds is 0. The molecule has 0 aromatic rings. The summed E-state index contributed by atoms with van der Waals surface area (Å²) in [5.41, 5.74) is 1.33. The monoisotopic (exact) mass is 138 g/mol. The van der Waals surface area contributed by atoms with Crippen molar-refractivity contribution in [1.82, 2.24) is 0 Å². The van der Waals surface area contributed by atoms with Crippen molar-refractivity contribution in [2.75, 3.05) is 0 Å². The van der Waals surface area contributed by atoms with Gasteiger partial charge in [0.05, 0.1) is 0 Å². The third-order valence-electron chi connectivity index (χ3n) is 1.77. The number of hydrogen-bond donors (Lipinski definition) is 0. The molecule has 56 valence electrons. The lowest BCUT2D eigenvalue weighted by atomic mass is 9.79. The zero-order valence-electron chi connectivity index (χ0n) is 6.90. The number of hydrogen-bond acceptors (Lipinski definition) is 1. The molecule has 0 bridgehead atoms. The SMILES string of the molecule is CC1=CC(C)(C)CC(=O)C1. The van der Waals surface area contributed by atoms with Crippen LogP contribution in [0.25, 0.3) is 0 Å². The average molecular weight is 138 g/mol. The first-order valence-electron chi connectivity index (χ1n) is 3.70. The van der Waals surface area contributed by atoms with E-state index in [2.05, 4.69) is 19.9 Å². The second-order valence-electron chi connectivity index (χ2n) is 3.87. The van der Waals surface area contributed by atoms with E-state index in [1.807, 2.05) is 6.92 Å². The fourth-order valence-corrected chi connectivity index (χ4v) is 1.65. The van der Waals surface area contributed by atoms with Crippen molar-refractivity contribution in [3.05, 3.63) is 11.6 Å². The van der Waals surface area contributed by atoms with Crippen molar-refractivity contribution >= 4 is 5.78 Å². The highest BCUT2D eigenvalue weighted by atomic mass is 16.1. The molecule has 0 spiro atoms. The molecule has 10 heavy (non-hydrogen) atoms. The third-order valence-corrected chi connectivity index (χ3v) is 1.77. The summed E-state index contributed by atoms with van der Waals surface area (Å²) in [5.74, 6) is 0.380. The van der Waals surface area contributed by atoms with Gasteiger partial charge >= 0.3 is 0 Å². The quantitative estimate of drug-likeness (QED) is 0.469. The summed E-state index contributed by atoms with van der Waals surface area (Å²) in [6.45, 7) is 6.24. The summed E-state index contributed by atoms with van der Waals surface area (Å²) in [4.78, 5) is 11.0. The lowest BCUT2D eigenvalue weighted by Gasteiger charge is -2.24. The Hall–Kier alpha value is -0.590. The summed E-state index contributed by atoms with van der Waals surface area (Å²) in [5, 5.41) is 0. The number of carbonyl (C=O) groups excluding carboxylic acids is 1. The predicted molar refractivity (Wildman–Crippen MR) is 41.8 cm³/mol. The predicted octanol–water partition coefficient (Wildman–Crippen LogP) is 2.32. The molecule has 1 nitrogen and oxygen atoms in total. The number of carbonyl (C=O) groups is 1. The maximum atomic E-state index is 11.0. The van der Waals surface area contributed by atoms with E-state index in [9.17, 15) is 4.79 Å². The van der Waals surface area contributed by atoms with E-state index in [0.29, 0.717) is 18.6 Å². The van der Waals surface area contributed by atoms with Gasteiger partial charge in [-0.1, -0.05) is 25.5 Å². The minimum atomic E-state index is 0.111. The first-order valence-corrected chi connectivity index (χ1v) is 3.70. The highest BCUT2D eigenvalue weighted by molar-refractivity contribution is 5.82. The molecule has 0 unspecified atom stereocenters. The average Bonchev–Trinajstić information content (AvgIpc) is 1.54. The van der Waals surface area contributed by atoms with Crippen LogP contribution in [0.1, 0.15) is 33.6 Å². The van der Waals surface area contributed by atoms with Gasteiger partial charge in [-0.15, -0.1) is 0 Å². The van der Waals surface area contributed by atoms with Crippen LogP contribution in [-0.2, 0) is 4.79 Å². The largest absolute Gasteiger partial charge is 0.299 e. The number of ketones is 1. The van der Waals surface area contributed by atoms with E-state index in [0.717, 1.165) is 0 Å². The smallest absolute Gasteiger partial charge is 0.137 e. The van der Waals surface area contributed by atoms with Crippen LogP contribution in [0.4, 0.5) is 0 Å². The third kappa shape index (κ3) is 1.69. The van der Waals surface area contributed by atoms with Gasteiger partial charge in [0.1, 0.15) is 5.78 Å². The van der Waals surface area contributed by atoms with Gasteiger partial charge in [0, 0.05) is 12.8 Å². The lowest BCUT2D eigenvalue weighted by molar-refractivity contribution is -0.120. The van der Waals surface area contributed by atoms with Crippen LogP contribution in [0.15, 0.2) is 11.6 Å². The van der Waals surface area contributed by atoms with Crippen LogP contribution in [-0.4, -0.2) is 5.78 Å². The van der Waals surface area contributed by atoms with Crippen molar-refractivity contribution in [3.8, 4) is 0 Å². The fourth-order valence-electron chi connectivity index (χ4n) is 1.65. The van der Waals surface area contributed by atoms with Crippen LogP contribution < -0.4 is 0 Å². The molecule has 0 saturated carbocycles. The maximum Gasteiger partial charge on any atom is 0.137 e. The van der Waals surface area contributed by atoms with Crippen LogP contribution in [0, 0.1) is 5.41 Å². The van der Waals surface area contributed by atoms with Gasteiger partial charge in [-0.25, -0.2) is 0 Å². The van der Waals surface area contributed by atoms with Crippen LogP contribution in [0.2, 0.25) is 0 Å². The summed E-state index contributed by atoms with van der Waals surface area (Å²) in [6, 6.07) is 0. The Morgan fingerprint density at radius 3 is 2.50 bits per heavy atom. The zero-order chi connectivity index (χ0) is 7.78. The number of Topliss-reactive ketones (excluding diaryl/α,β-unsaturated/α-hetero) is 1. The molecule has 0 amide bonds. The summed E-state index contributed by atoms with van der Waals surface area (Å²) >= 11 is 0. The first kappa shape index (κ1) is 7.52. The van der Waals surface area contributed by atoms with Crippen LogP contribution in [0.3, 0.4) is 0 Å². The highest BCUT2D eigenvalue weighted by Gasteiger charge is 2.23. The van der Waals surface area contributed by atoms with Crippen molar-refractivity contribution in [2.24, 2.45) is 5.41 Å². The van der Waals surface area contributed by atoms with Gasteiger partial charge in [-0.05, 0) is 12.3 Å². The minimum Gasteiger partial charge on any atom is -0.299 e.